The van der Waals surface area contributed by atoms with Gasteiger partial charge in [-0.05, 0) is 25.0 Å². The molecule has 1 aromatic rings. The standard InChI is InChI=1S/C15H22N2O2.ClH/c1-12-11-16-9-10-17(12)15(18)8-7-13-5-3-4-6-14(13)19-2;/h3-6,12,16H,7-11H2,1-2H3;1H/t12-;/m1./s1. The summed E-state index contributed by atoms with van der Waals surface area (Å²) < 4.78 is 5.31. The number of aryl methyl sites for hydroxylation is 1. The van der Waals surface area contributed by atoms with E-state index in [1.165, 1.54) is 0 Å². The highest BCUT2D eigenvalue weighted by molar-refractivity contribution is 5.85. The smallest absolute Gasteiger partial charge is 0.223 e. The van der Waals surface area contributed by atoms with Crippen molar-refractivity contribution < 1.29 is 9.53 Å². The number of rotatable bonds is 4. The van der Waals surface area contributed by atoms with E-state index in [-0.39, 0.29) is 18.3 Å². The average molecular weight is 299 g/mol. The summed E-state index contributed by atoms with van der Waals surface area (Å²) in [5.74, 6) is 1.10. The van der Waals surface area contributed by atoms with Crippen molar-refractivity contribution in [1.82, 2.24) is 10.2 Å². The summed E-state index contributed by atoms with van der Waals surface area (Å²) in [6.07, 6.45) is 1.28. The van der Waals surface area contributed by atoms with Crippen molar-refractivity contribution in [3.8, 4) is 5.75 Å². The van der Waals surface area contributed by atoms with Crippen LogP contribution in [0.3, 0.4) is 0 Å². The van der Waals surface area contributed by atoms with Crippen molar-refractivity contribution in [2.24, 2.45) is 0 Å². The Morgan fingerprint density at radius 3 is 2.90 bits per heavy atom. The second-order valence-electron chi connectivity index (χ2n) is 4.95. The zero-order valence-corrected chi connectivity index (χ0v) is 12.9. The van der Waals surface area contributed by atoms with Gasteiger partial charge in [-0.15, -0.1) is 12.4 Å². The highest BCUT2D eigenvalue weighted by atomic mass is 35.5. The van der Waals surface area contributed by atoms with Crippen molar-refractivity contribution in [3.05, 3.63) is 29.8 Å². The number of hydrogen-bond acceptors (Lipinski definition) is 3. The van der Waals surface area contributed by atoms with Crippen LogP contribution < -0.4 is 10.1 Å². The van der Waals surface area contributed by atoms with E-state index in [4.69, 9.17) is 4.74 Å². The molecule has 2 rings (SSSR count). The Hall–Kier alpha value is -1.26. The van der Waals surface area contributed by atoms with Crippen LogP contribution in [0, 0.1) is 0 Å². The van der Waals surface area contributed by atoms with Crippen LogP contribution in [0.2, 0.25) is 0 Å². The van der Waals surface area contributed by atoms with Gasteiger partial charge in [0.2, 0.25) is 5.91 Å². The normalized spacial score (nSPS) is 18.3. The number of methoxy groups -OCH3 is 1. The van der Waals surface area contributed by atoms with Gasteiger partial charge in [-0.1, -0.05) is 18.2 Å². The Morgan fingerprint density at radius 2 is 2.20 bits per heavy atom. The van der Waals surface area contributed by atoms with E-state index < -0.39 is 0 Å². The molecule has 112 valence electrons. The lowest BCUT2D eigenvalue weighted by atomic mass is 10.1. The summed E-state index contributed by atoms with van der Waals surface area (Å²) >= 11 is 0. The summed E-state index contributed by atoms with van der Waals surface area (Å²) in [5, 5.41) is 3.30. The van der Waals surface area contributed by atoms with E-state index in [1.807, 2.05) is 29.2 Å². The molecule has 1 aliphatic heterocycles. The third-order valence-corrected chi connectivity index (χ3v) is 3.62. The lowest BCUT2D eigenvalue weighted by Gasteiger charge is -2.34. The maximum atomic E-state index is 12.2. The molecule has 0 saturated carbocycles. The molecule has 0 bridgehead atoms. The molecule has 0 spiro atoms. The Bertz CT molecular complexity index is 440. The van der Waals surface area contributed by atoms with Gasteiger partial charge in [0, 0.05) is 32.1 Å². The molecule has 1 heterocycles. The molecular weight excluding hydrogens is 276 g/mol. The maximum Gasteiger partial charge on any atom is 0.223 e. The fraction of sp³-hybridized carbons (Fsp3) is 0.533. The minimum atomic E-state index is 0. The lowest BCUT2D eigenvalue weighted by molar-refractivity contribution is -0.133. The molecule has 0 unspecified atom stereocenters. The first-order valence-electron chi connectivity index (χ1n) is 6.84. The predicted octanol–water partition coefficient (Wildman–Crippen LogP) is 1.87. The monoisotopic (exact) mass is 298 g/mol. The largest absolute Gasteiger partial charge is 0.496 e. The van der Waals surface area contributed by atoms with E-state index in [0.717, 1.165) is 37.4 Å². The van der Waals surface area contributed by atoms with Gasteiger partial charge in [-0.2, -0.15) is 0 Å². The third kappa shape index (κ3) is 4.12. The SMILES string of the molecule is COc1ccccc1CCC(=O)N1CCNC[C@H]1C.Cl. The number of carbonyl (C=O) groups is 1. The Morgan fingerprint density at radius 1 is 1.45 bits per heavy atom. The highest BCUT2D eigenvalue weighted by Gasteiger charge is 2.22. The minimum absolute atomic E-state index is 0. The first kappa shape index (κ1) is 16.8. The number of piperazine rings is 1. The van der Waals surface area contributed by atoms with Crippen LogP contribution in [0.15, 0.2) is 24.3 Å². The topological polar surface area (TPSA) is 41.6 Å². The van der Waals surface area contributed by atoms with Crippen LogP contribution in [0.4, 0.5) is 0 Å². The summed E-state index contributed by atoms with van der Waals surface area (Å²) in [7, 11) is 1.67. The number of carbonyl (C=O) groups excluding carboxylic acids is 1. The van der Waals surface area contributed by atoms with Gasteiger partial charge in [0.25, 0.3) is 0 Å². The number of ether oxygens (including phenoxy) is 1. The fourth-order valence-corrected chi connectivity index (χ4v) is 2.51. The van der Waals surface area contributed by atoms with Crippen LogP contribution in [0.1, 0.15) is 18.9 Å². The van der Waals surface area contributed by atoms with Crippen LogP contribution in [0.5, 0.6) is 5.75 Å². The summed E-state index contributed by atoms with van der Waals surface area (Å²) in [5.41, 5.74) is 1.10. The number of halogens is 1. The van der Waals surface area contributed by atoms with Gasteiger partial charge in [0.05, 0.1) is 7.11 Å². The van der Waals surface area contributed by atoms with Crippen molar-refractivity contribution in [2.45, 2.75) is 25.8 Å². The van der Waals surface area contributed by atoms with Crippen molar-refractivity contribution >= 4 is 18.3 Å². The molecule has 0 aliphatic carbocycles. The van der Waals surface area contributed by atoms with Crippen LogP contribution in [-0.2, 0) is 11.2 Å². The Kier molecular flexibility index (Phi) is 6.82. The molecule has 1 N–H and O–H groups in total. The Balaban J connectivity index is 0.00000200. The molecule has 0 aromatic heterocycles. The van der Waals surface area contributed by atoms with Crippen LogP contribution in [0.25, 0.3) is 0 Å². The molecule has 1 aromatic carbocycles. The number of nitrogens with one attached hydrogen (secondary N) is 1. The predicted molar refractivity (Wildman–Crippen MR) is 82.6 cm³/mol. The van der Waals surface area contributed by atoms with E-state index in [9.17, 15) is 4.79 Å². The van der Waals surface area contributed by atoms with E-state index >= 15 is 0 Å². The first-order valence-corrected chi connectivity index (χ1v) is 6.84. The molecular formula is C15H23ClN2O2. The summed E-state index contributed by atoms with van der Waals surface area (Å²) in [6, 6.07) is 8.18. The quantitative estimate of drug-likeness (QED) is 0.923. The average Bonchev–Trinajstić information content (AvgIpc) is 2.45. The van der Waals surface area contributed by atoms with E-state index in [2.05, 4.69) is 12.2 Å². The van der Waals surface area contributed by atoms with Crippen molar-refractivity contribution in [2.75, 3.05) is 26.7 Å². The maximum absolute atomic E-state index is 12.2. The second-order valence-corrected chi connectivity index (χ2v) is 4.95. The van der Waals surface area contributed by atoms with Gasteiger partial charge in [-0.25, -0.2) is 0 Å². The number of benzene rings is 1. The number of hydrogen-bond donors (Lipinski definition) is 1. The fourth-order valence-electron chi connectivity index (χ4n) is 2.51. The van der Waals surface area contributed by atoms with E-state index in [1.54, 1.807) is 7.11 Å². The van der Waals surface area contributed by atoms with Gasteiger partial charge in [0.1, 0.15) is 5.75 Å². The third-order valence-electron chi connectivity index (χ3n) is 3.62. The summed E-state index contributed by atoms with van der Waals surface area (Å²) in [6.45, 7) is 4.68. The molecule has 20 heavy (non-hydrogen) atoms. The molecule has 1 fully saturated rings. The lowest BCUT2D eigenvalue weighted by Crippen LogP contribution is -2.52. The number of para-hydroxylation sites is 1. The molecule has 1 saturated heterocycles. The summed E-state index contributed by atoms with van der Waals surface area (Å²) in [4.78, 5) is 14.2. The molecule has 0 radical (unpaired) electrons. The zero-order chi connectivity index (χ0) is 13.7. The molecule has 1 aliphatic rings. The van der Waals surface area contributed by atoms with Gasteiger partial charge >= 0.3 is 0 Å². The number of nitrogens with zero attached hydrogens (tertiary/aromatic N) is 1. The Labute approximate surface area is 126 Å². The van der Waals surface area contributed by atoms with Crippen LogP contribution >= 0.6 is 12.4 Å². The zero-order valence-electron chi connectivity index (χ0n) is 12.1. The van der Waals surface area contributed by atoms with Crippen molar-refractivity contribution in [3.63, 3.8) is 0 Å². The second kappa shape index (κ2) is 8.12. The molecule has 1 atom stereocenters. The molecule has 4 nitrogen and oxygen atoms in total. The molecule has 1 amide bonds. The van der Waals surface area contributed by atoms with Gasteiger partial charge < -0.3 is 15.0 Å². The van der Waals surface area contributed by atoms with Gasteiger partial charge in [0.15, 0.2) is 0 Å². The van der Waals surface area contributed by atoms with Crippen LogP contribution in [-0.4, -0.2) is 43.6 Å². The number of amides is 1. The highest BCUT2D eigenvalue weighted by Crippen LogP contribution is 2.19. The van der Waals surface area contributed by atoms with E-state index in [0.29, 0.717) is 12.5 Å². The van der Waals surface area contributed by atoms with Gasteiger partial charge in [-0.3, -0.25) is 4.79 Å². The first-order chi connectivity index (χ1) is 9.22. The van der Waals surface area contributed by atoms with Crippen molar-refractivity contribution in [1.29, 1.82) is 0 Å². The molecule has 5 heteroatoms. The minimum Gasteiger partial charge on any atom is -0.496 e.